The van der Waals surface area contributed by atoms with Crippen LogP contribution in [-0.2, 0) is 14.3 Å². The van der Waals surface area contributed by atoms with Crippen LogP contribution in [0.25, 0.3) is 0 Å². The quantitative estimate of drug-likeness (QED) is 0.636. The Morgan fingerprint density at radius 2 is 2.00 bits per heavy atom. The highest BCUT2D eigenvalue weighted by Crippen LogP contribution is 2.27. The van der Waals surface area contributed by atoms with Crippen molar-refractivity contribution in [3.63, 3.8) is 0 Å². The number of hydrogen-bond acceptors (Lipinski definition) is 4. The second kappa shape index (κ2) is 6.27. The van der Waals surface area contributed by atoms with Gasteiger partial charge < -0.3 is 14.8 Å². The molecule has 0 heterocycles. The molecule has 0 aromatic heterocycles. The molecule has 0 radical (unpaired) electrons. The standard InChI is InChI=1S/C12H20ClNO4/c1-12(2,3)18-11(16)14-9-6-4-5-8(9)10(15)17-7-13/h8-9H,4-7H2,1-3H3,(H,14,16)/t8-,9+/m1/s1. The highest BCUT2D eigenvalue weighted by Gasteiger charge is 2.35. The Morgan fingerprint density at radius 3 is 2.56 bits per heavy atom. The van der Waals surface area contributed by atoms with Gasteiger partial charge in [-0.2, -0.15) is 0 Å². The van der Waals surface area contributed by atoms with E-state index in [0.717, 1.165) is 12.8 Å². The lowest BCUT2D eigenvalue weighted by atomic mass is 10.0. The number of ether oxygens (including phenoxy) is 2. The van der Waals surface area contributed by atoms with Crippen LogP contribution in [0.3, 0.4) is 0 Å². The summed E-state index contributed by atoms with van der Waals surface area (Å²) in [6, 6.07) is -0.385. The van der Waals surface area contributed by atoms with Gasteiger partial charge in [-0.1, -0.05) is 18.0 Å². The van der Waals surface area contributed by atoms with Crippen molar-refractivity contribution in [1.29, 1.82) is 0 Å². The van der Waals surface area contributed by atoms with Gasteiger partial charge in [-0.25, -0.2) is 4.79 Å². The first-order valence-electron chi connectivity index (χ1n) is 6.05. The zero-order valence-electron chi connectivity index (χ0n) is 11.0. The first-order valence-corrected chi connectivity index (χ1v) is 6.59. The van der Waals surface area contributed by atoms with Crippen LogP contribution in [0.1, 0.15) is 40.0 Å². The minimum Gasteiger partial charge on any atom is -0.449 e. The molecule has 6 heteroatoms. The fourth-order valence-corrected chi connectivity index (χ4v) is 2.14. The summed E-state index contributed by atoms with van der Waals surface area (Å²) in [6.07, 6.45) is 1.83. The van der Waals surface area contributed by atoms with E-state index in [2.05, 4.69) is 5.32 Å². The van der Waals surface area contributed by atoms with Crippen LogP contribution in [-0.4, -0.2) is 29.8 Å². The van der Waals surface area contributed by atoms with Crippen LogP contribution in [0.15, 0.2) is 0 Å². The third kappa shape index (κ3) is 4.72. The average molecular weight is 278 g/mol. The Kier molecular flexibility index (Phi) is 5.26. The van der Waals surface area contributed by atoms with E-state index in [4.69, 9.17) is 21.1 Å². The van der Waals surface area contributed by atoms with E-state index in [1.165, 1.54) is 0 Å². The SMILES string of the molecule is CC(C)(C)OC(=O)N[C@H]1CCC[C@H]1C(=O)OCCl. The number of rotatable bonds is 3. The van der Waals surface area contributed by atoms with Gasteiger partial charge in [0.1, 0.15) is 5.60 Å². The molecule has 0 spiro atoms. The molecule has 0 aliphatic heterocycles. The minimum absolute atomic E-state index is 0.158. The van der Waals surface area contributed by atoms with Gasteiger partial charge in [0.2, 0.25) is 0 Å². The molecule has 1 aliphatic carbocycles. The Bertz CT molecular complexity index is 314. The monoisotopic (exact) mass is 277 g/mol. The summed E-state index contributed by atoms with van der Waals surface area (Å²) >= 11 is 5.36. The summed E-state index contributed by atoms with van der Waals surface area (Å²) in [7, 11) is 0. The number of nitrogens with one attached hydrogen (secondary N) is 1. The number of carbonyl (C=O) groups excluding carboxylic acids is 2. The van der Waals surface area contributed by atoms with Crippen LogP contribution in [0.4, 0.5) is 4.79 Å². The summed E-state index contributed by atoms with van der Waals surface area (Å²) in [5.41, 5.74) is -0.547. The lowest BCUT2D eigenvalue weighted by Gasteiger charge is -2.23. The predicted molar refractivity (Wildman–Crippen MR) is 67.3 cm³/mol. The van der Waals surface area contributed by atoms with Crippen molar-refractivity contribution < 1.29 is 19.1 Å². The zero-order chi connectivity index (χ0) is 13.8. The Morgan fingerprint density at radius 1 is 1.33 bits per heavy atom. The van der Waals surface area contributed by atoms with Crippen LogP contribution in [0.5, 0.6) is 0 Å². The van der Waals surface area contributed by atoms with E-state index in [-0.39, 0.29) is 24.0 Å². The Balaban J connectivity index is 2.50. The summed E-state index contributed by atoms with van der Waals surface area (Å²) < 4.78 is 9.93. The van der Waals surface area contributed by atoms with E-state index in [1.807, 2.05) is 0 Å². The maximum Gasteiger partial charge on any atom is 0.407 e. The first-order chi connectivity index (χ1) is 8.33. The molecular formula is C12H20ClNO4. The number of esters is 1. The molecule has 5 nitrogen and oxygen atoms in total. The molecular weight excluding hydrogens is 258 g/mol. The van der Waals surface area contributed by atoms with Crippen molar-refractivity contribution in [3.05, 3.63) is 0 Å². The molecule has 18 heavy (non-hydrogen) atoms. The van der Waals surface area contributed by atoms with Gasteiger partial charge in [-0.05, 0) is 33.6 Å². The van der Waals surface area contributed by atoms with Crippen molar-refractivity contribution in [2.24, 2.45) is 5.92 Å². The number of alkyl halides is 1. The second-order valence-corrected chi connectivity index (χ2v) is 5.58. The van der Waals surface area contributed by atoms with Gasteiger partial charge in [0.15, 0.2) is 6.07 Å². The topological polar surface area (TPSA) is 64.6 Å². The Labute approximate surface area is 112 Å². The highest BCUT2D eigenvalue weighted by atomic mass is 35.5. The number of hydrogen-bond donors (Lipinski definition) is 1. The van der Waals surface area contributed by atoms with Crippen molar-refractivity contribution in [1.82, 2.24) is 5.32 Å². The van der Waals surface area contributed by atoms with Gasteiger partial charge in [-0.3, -0.25) is 4.79 Å². The van der Waals surface area contributed by atoms with Crippen molar-refractivity contribution in [2.75, 3.05) is 6.07 Å². The highest BCUT2D eigenvalue weighted by molar-refractivity contribution is 6.17. The third-order valence-electron chi connectivity index (χ3n) is 2.72. The molecule has 1 aliphatic rings. The van der Waals surface area contributed by atoms with E-state index in [1.54, 1.807) is 20.8 Å². The summed E-state index contributed by atoms with van der Waals surface area (Å²) in [4.78, 5) is 23.3. The molecule has 0 aromatic carbocycles. The molecule has 0 saturated heterocycles. The maximum absolute atomic E-state index is 11.6. The first kappa shape index (κ1) is 15.1. The van der Waals surface area contributed by atoms with E-state index < -0.39 is 11.7 Å². The lowest BCUT2D eigenvalue weighted by Crippen LogP contribution is -2.43. The van der Waals surface area contributed by atoms with Gasteiger partial charge >= 0.3 is 12.1 Å². The molecule has 1 rings (SSSR count). The maximum atomic E-state index is 11.6. The van der Waals surface area contributed by atoms with Crippen LogP contribution in [0, 0.1) is 5.92 Å². The molecule has 2 atom stereocenters. The molecule has 1 N–H and O–H groups in total. The zero-order valence-corrected chi connectivity index (χ0v) is 11.8. The lowest BCUT2D eigenvalue weighted by molar-refractivity contribution is -0.146. The molecule has 0 aromatic rings. The minimum atomic E-state index is -0.547. The predicted octanol–water partition coefficient (Wildman–Crippen LogP) is 2.42. The van der Waals surface area contributed by atoms with Crippen LogP contribution < -0.4 is 5.32 Å². The van der Waals surface area contributed by atoms with Gasteiger partial charge in [0, 0.05) is 6.04 Å². The van der Waals surface area contributed by atoms with E-state index in [0.29, 0.717) is 6.42 Å². The van der Waals surface area contributed by atoms with Crippen molar-refractivity contribution in [3.8, 4) is 0 Å². The van der Waals surface area contributed by atoms with Gasteiger partial charge in [0.05, 0.1) is 5.92 Å². The van der Waals surface area contributed by atoms with Crippen LogP contribution in [0.2, 0.25) is 0 Å². The fraction of sp³-hybridized carbons (Fsp3) is 0.833. The van der Waals surface area contributed by atoms with Crippen molar-refractivity contribution in [2.45, 2.75) is 51.7 Å². The number of alkyl carbamates (subject to hydrolysis) is 1. The molecule has 0 unspecified atom stereocenters. The van der Waals surface area contributed by atoms with Crippen LogP contribution >= 0.6 is 11.6 Å². The second-order valence-electron chi connectivity index (χ2n) is 5.36. The van der Waals surface area contributed by atoms with E-state index in [9.17, 15) is 9.59 Å². The van der Waals surface area contributed by atoms with Crippen molar-refractivity contribution >= 4 is 23.7 Å². The summed E-state index contributed by atoms with van der Waals surface area (Å²) in [5, 5.41) is 2.72. The third-order valence-corrected chi connectivity index (χ3v) is 2.83. The number of amides is 1. The molecule has 1 fully saturated rings. The smallest absolute Gasteiger partial charge is 0.407 e. The largest absolute Gasteiger partial charge is 0.449 e. The summed E-state index contributed by atoms with van der Waals surface area (Å²) in [5.74, 6) is -0.681. The molecule has 104 valence electrons. The normalized spacial score (nSPS) is 23.6. The fourth-order valence-electron chi connectivity index (χ4n) is 2.03. The van der Waals surface area contributed by atoms with Gasteiger partial charge in [-0.15, -0.1) is 0 Å². The summed E-state index contributed by atoms with van der Waals surface area (Å²) in [6.45, 7) is 5.38. The van der Waals surface area contributed by atoms with E-state index >= 15 is 0 Å². The number of halogens is 1. The number of carbonyl (C=O) groups is 2. The molecule has 0 bridgehead atoms. The Hall–Kier alpha value is -0.970. The average Bonchev–Trinajstić information content (AvgIpc) is 2.62. The molecule has 1 saturated carbocycles. The molecule has 1 amide bonds. The van der Waals surface area contributed by atoms with Gasteiger partial charge in [0.25, 0.3) is 0 Å².